The van der Waals surface area contributed by atoms with Crippen molar-refractivity contribution >= 4 is 22.6 Å². The molecule has 0 bridgehead atoms. The van der Waals surface area contributed by atoms with Crippen molar-refractivity contribution in [2.24, 2.45) is 5.92 Å². The summed E-state index contributed by atoms with van der Waals surface area (Å²) in [6.07, 6.45) is 1.82. The van der Waals surface area contributed by atoms with E-state index in [0.29, 0.717) is 12.6 Å². The Labute approximate surface area is 143 Å². The smallest absolute Gasteiger partial charge is 0.223 e. The van der Waals surface area contributed by atoms with Crippen molar-refractivity contribution in [1.82, 2.24) is 15.6 Å². The third-order valence-electron chi connectivity index (χ3n) is 4.69. The molecule has 0 aliphatic carbocycles. The van der Waals surface area contributed by atoms with Gasteiger partial charge in [-0.1, -0.05) is 18.2 Å². The maximum atomic E-state index is 12.5. The van der Waals surface area contributed by atoms with Crippen molar-refractivity contribution in [1.29, 1.82) is 0 Å². The molecule has 1 fully saturated rings. The van der Waals surface area contributed by atoms with Crippen LogP contribution in [0.5, 0.6) is 0 Å². The first-order valence-corrected chi connectivity index (χ1v) is 8.61. The maximum absolute atomic E-state index is 12.5. The fraction of sp³-hybridized carbons (Fsp3) is 0.474. The molecule has 5 nitrogen and oxygen atoms in total. The molecule has 2 heterocycles. The molecule has 0 spiro atoms. The van der Waals surface area contributed by atoms with Gasteiger partial charge in [-0.05, 0) is 44.0 Å². The first-order chi connectivity index (χ1) is 11.5. The number of carbonyl (C=O) groups is 1. The highest BCUT2D eigenvalue weighted by Gasteiger charge is 2.24. The van der Waals surface area contributed by atoms with Gasteiger partial charge in [0.05, 0.1) is 5.52 Å². The van der Waals surface area contributed by atoms with Crippen LogP contribution in [0.4, 0.5) is 5.82 Å². The van der Waals surface area contributed by atoms with Gasteiger partial charge in [-0.15, -0.1) is 0 Å². The van der Waals surface area contributed by atoms with Crippen LogP contribution < -0.4 is 15.5 Å². The van der Waals surface area contributed by atoms with Gasteiger partial charge in [0.1, 0.15) is 5.82 Å². The van der Waals surface area contributed by atoms with Crippen LogP contribution in [0, 0.1) is 5.92 Å². The van der Waals surface area contributed by atoms with Crippen LogP contribution >= 0.6 is 0 Å². The number of aromatic nitrogens is 1. The Morgan fingerprint density at radius 3 is 2.92 bits per heavy atom. The number of amides is 1. The second-order valence-electron chi connectivity index (χ2n) is 6.85. The van der Waals surface area contributed by atoms with Gasteiger partial charge in [-0.3, -0.25) is 4.79 Å². The zero-order chi connectivity index (χ0) is 17.1. The normalized spacial score (nSPS) is 20.8. The Morgan fingerprint density at radius 2 is 2.17 bits per heavy atom. The number of carbonyl (C=O) groups excluding carboxylic acids is 1. The van der Waals surface area contributed by atoms with Crippen molar-refractivity contribution < 1.29 is 4.79 Å². The minimum Gasteiger partial charge on any atom is -0.363 e. The van der Waals surface area contributed by atoms with Crippen LogP contribution in [0.3, 0.4) is 0 Å². The van der Waals surface area contributed by atoms with E-state index in [2.05, 4.69) is 34.7 Å². The molecular formula is C19H26N4O. The number of nitrogens with zero attached hydrogens (tertiary/aromatic N) is 2. The zero-order valence-corrected chi connectivity index (χ0v) is 14.7. The van der Waals surface area contributed by atoms with E-state index in [9.17, 15) is 4.79 Å². The summed E-state index contributed by atoms with van der Waals surface area (Å²) in [5, 5.41) is 7.62. The lowest BCUT2D eigenvalue weighted by atomic mass is 9.92. The quantitative estimate of drug-likeness (QED) is 0.905. The number of para-hydroxylation sites is 1. The molecule has 2 N–H and O–H groups in total. The van der Waals surface area contributed by atoms with E-state index in [4.69, 9.17) is 0 Å². The van der Waals surface area contributed by atoms with E-state index in [1.807, 2.05) is 37.2 Å². The van der Waals surface area contributed by atoms with Crippen molar-refractivity contribution in [3.63, 3.8) is 0 Å². The van der Waals surface area contributed by atoms with Gasteiger partial charge in [-0.2, -0.15) is 0 Å². The summed E-state index contributed by atoms with van der Waals surface area (Å²) in [4.78, 5) is 19.2. The SMILES string of the molecule is C[C@H]1C[C@@H](C(=O)NCc2cc(N(C)C)nc3ccccc23)CCN1. The molecule has 1 amide bonds. The molecule has 1 aromatic heterocycles. The van der Waals surface area contributed by atoms with Crippen molar-refractivity contribution in [2.45, 2.75) is 32.4 Å². The number of piperidine rings is 1. The molecule has 128 valence electrons. The summed E-state index contributed by atoms with van der Waals surface area (Å²) in [7, 11) is 3.96. The maximum Gasteiger partial charge on any atom is 0.223 e. The van der Waals surface area contributed by atoms with Gasteiger partial charge in [-0.25, -0.2) is 4.98 Å². The molecule has 0 radical (unpaired) electrons. The van der Waals surface area contributed by atoms with E-state index in [0.717, 1.165) is 41.7 Å². The second kappa shape index (κ2) is 7.18. The summed E-state index contributed by atoms with van der Waals surface area (Å²) in [6.45, 7) is 3.60. The molecule has 2 atom stereocenters. The van der Waals surface area contributed by atoms with Gasteiger partial charge >= 0.3 is 0 Å². The summed E-state index contributed by atoms with van der Waals surface area (Å²) in [5.41, 5.74) is 2.07. The lowest BCUT2D eigenvalue weighted by molar-refractivity contribution is -0.126. The van der Waals surface area contributed by atoms with Crippen LogP contribution in [-0.2, 0) is 11.3 Å². The van der Waals surface area contributed by atoms with Crippen LogP contribution in [0.15, 0.2) is 30.3 Å². The summed E-state index contributed by atoms with van der Waals surface area (Å²) >= 11 is 0. The average molecular weight is 326 g/mol. The molecule has 1 aliphatic heterocycles. The van der Waals surface area contributed by atoms with Gasteiger partial charge in [0.15, 0.2) is 0 Å². The number of pyridine rings is 1. The minimum absolute atomic E-state index is 0.114. The Hall–Kier alpha value is -2.14. The third kappa shape index (κ3) is 3.67. The lowest BCUT2D eigenvalue weighted by Crippen LogP contribution is -2.42. The minimum atomic E-state index is 0.114. The number of benzene rings is 1. The zero-order valence-electron chi connectivity index (χ0n) is 14.7. The summed E-state index contributed by atoms with van der Waals surface area (Å²) < 4.78 is 0. The topological polar surface area (TPSA) is 57.3 Å². The number of fused-ring (bicyclic) bond motifs is 1. The van der Waals surface area contributed by atoms with Crippen LogP contribution in [-0.4, -0.2) is 37.6 Å². The first-order valence-electron chi connectivity index (χ1n) is 8.61. The van der Waals surface area contributed by atoms with Crippen molar-refractivity contribution in [3.8, 4) is 0 Å². The number of hydrogen-bond donors (Lipinski definition) is 2. The summed E-state index contributed by atoms with van der Waals surface area (Å²) in [6, 6.07) is 10.6. The van der Waals surface area contributed by atoms with Gasteiger partial charge in [0, 0.05) is 38.0 Å². The highest BCUT2D eigenvalue weighted by Crippen LogP contribution is 2.22. The van der Waals surface area contributed by atoms with E-state index < -0.39 is 0 Å². The third-order valence-corrected chi connectivity index (χ3v) is 4.69. The van der Waals surface area contributed by atoms with Crippen LogP contribution in [0.25, 0.3) is 10.9 Å². The molecule has 5 heteroatoms. The lowest BCUT2D eigenvalue weighted by Gasteiger charge is -2.27. The average Bonchev–Trinajstić information content (AvgIpc) is 2.59. The van der Waals surface area contributed by atoms with Gasteiger partial charge < -0.3 is 15.5 Å². The molecule has 0 unspecified atom stereocenters. The number of nitrogens with one attached hydrogen (secondary N) is 2. The molecule has 1 aliphatic rings. The largest absolute Gasteiger partial charge is 0.363 e. The molecule has 24 heavy (non-hydrogen) atoms. The molecule has 2 aromatic rings. The Balaban J connectivity index is 1.78. The predicted molar refractivity (Wildman–Crippen MR) is 98.1 cm³/mol. The first kappa shape index (κ1) is 16.7. The van der Waals surface area contributed by atoms with E-state index in [1.54, 1.807) is 0 Å². The number of rotatable bonds is 4. The number of hydrogen-bond acceptors (Lipinski definition) is 4. The molecule has 0 saturated carbocycles. The molecule has 3 rings (SSSR count). The van der Waals surface area contributed by atoms with Crippen LogP contribution in [0.2, 0.25) is 0 Å². The monoisotopic (exact) mass is 326 g/mol. The molecular weight excluding hydrogens is 300 g/mol. The second-order valence-corrected chi connectivity index (χ2v) is 6.85. The van der Waals surface area contributed by atoms with Crippen molar-refractivity contribution in [2.75, 3.05) is 25.5 Å². The van der Waals surface area contributed by atoms with E-state index >= 15 is 0 Å². The van der Waals surface area contributed by atoms with Crippen LogP contribution in [0.1, 0.15) is 25.3 Å². The van der Waals surface area contributed by atoms with Gasteiger partial charge in [0.2, 0.25) is 5.91 Å². The van der Waals surface area contributed by atoms with E-state index in [1.165, 1.54) is 0 Å². The fourth-order valence-corrected chi connectivity index (χ4v) is 3.30. The molecule has 1 aromatic carbocycles. The van der Waals surface area contributed by atoms with Crippen molar-refractivity contribution in [3.05, 3.63) is 35.9 Å². The predicted octanol–water partition coefficient (Wildman–Crippen LogP) is 2.31. The molecule has 1 saturated heterocycles. The number of anilines is 1. The Morgan fingerprint density at radius 1 is 1.38 bits per heavy atom. The Bertz CT molecular complexity index is 728. The highest BCUT2D eigenvalue weighted by atomic mass is 16.1. The standard InChI is InChI=1S/C19H26N4O/c1-13-10-14(8-9-20-13)19(24)21-12-15-11-18(23(2)3)22-17-7-5-4-6-16(15)17/h4-7,11,13-14,20H,8-10,12H2,1-3H3,(H,21,24)/t13-,14-/m0/s1. The highest BCUT2D eigenvalue weighted by molar-refractivity contribution is 5.85. The Kier molecular flexibility index (Phi) is 5.00. The fourth-order valence-electron chi connectivity index (χ4n) is 3.30. The summed E-state index contributed by atoms with van der Waals surface area (Å²) in [5.74, 6) is 1.19. The van der Waals surface area contributed by atoms with Gasteiger partial charge in [0.25, 0.3) is 0 Å². The van der Waals surface area contributed by atoms with E-state index in [-0.39, 0.29) is 11.8 Å².